The molecule has 0 aliphatic rings. The molecule has 72 valence electrons. The molecule has 0 bridgehead atoms. The van der Waals surface area contributed by atoms with E-state index < -0.39 is 0 Å². The minimum absolute atomic E-state index is 0.186. The first kappa shape index (κ1) is 10.0. The molecule has 0 saturated carbocycles. The first-order valence-electron chi connectivity index (χ1n) is 3.61. The lowest BCUT2D eigenvalue weighted by atomic mass is 10.2. The summed E-state index contributed by atoms with van der Waals surface area (Å²) in [7, 11) is 0. The van der Waals surface area contributed by atoms with E-state index in [1.165, 1.54) is 12.1 Å². The highest BCUT2D eigenvalue weighted by atomic mass is 79.9. The van der Waals surface area contributed by atoms with Crippen LogP contribution in [0.4, 0.5) is 4.39 Å². The lowest BCUT2D eigenvalue weighted by Crippen LogP contribution is -1.80. The number of benzene rings is 1. The van der Waals surface area contributed by atoms with Crippen molar-refractivity contribution < 1.29 is 4.39 Å². The number of rotatable bonds is 1. The molecule has 0 unspecified atom stereocenters. The summed E-state index contributed by atoms with van der Waals surface area (Å²) in [6.07, 6.45) is 0. The van der Waals surface area contributed by atoms with Crippen molar-refractivity contribution in [3.63, 3.8) is 0 Å². The van der Waals surface area contributed by atoms with E-state index in [-0.39, 0.29) is 11.1 Å². The van der Waals surface area contributed by atoms with Gasteiger partial charge >= 0.3 is 0 Å². The zero-order chi connectivity index (χ0) is 10.1. The average molecular weight is 294 g/mol. The molecule has 0 saturated heterocycles. The lowest BCUT2D eigenvalue weighted by molar-refractivity contribution is 0.627. The Hall–Kier alpha value is -0.520. The van der Waals surface area contributed by atoms with Crippen LogP contribution in [0.3, 0.4) is 0 Å². The van der Waals surface area contributed by atoms with Gasteiger partial charge in [-0.25, -0.2) is 9.37 Å². The molecule has 0 spiro atoms. The van der Waals surface area contributed by atoms with Crippen molar-refractivity contribution in [1.29, 1.82) is 0 Å². The van der Waals surface area contributed by atoms with Gasteiger partial charge in [0.1, 0.15) is 10.8 Å². The van der Waals surface area contributed by atoms with Gasteiger partial charge in [-0.05, 0) is 41.3 Å². The Balaban J connectivity index is 2.51. The van der Waals surface area contributed by atoms with Gasteiger partial charge in [0.15, 0.2) is 0 Å². The lowest BCUT2D eigenvalue weighted by Gasteiger charge is -1.96. The molecule has 1 heterocycles. The fourth-order valence-electron chi connectivity index (χ4n) is 1.00. The van der Waals surface area contributed by atoms with E-state index in [1.807, 2.05) is 0 Å². The molecular formula is C8H3BrClFN2S. The standard InChI is InChI=1S/C8H3BrClFN2S/c9-5-1-4(2-6(11)3-5)7-12-8(10)13-14-7/h1-3H. The molecule has 6 heteroatoms. The largest absolute Gasteiger partial charge is 0.234 e. The van der Waals surface area contributed by atoms with Crippen LogP contribution in [0, 0.1) is 5.82 Å². The normalized spacial score (nSPS) is 10.5. The van der Waals surface area contributed by atoms with E-state index in [0.29, 0.717) is 15.0 Å². The SMILES string of the molecule is Fc1cc(Br)cc(-c2nc(Cl)ns2)c1. The summed E-state index contributed by atoms with van der Waals surface area (Å²) in [5.74, 6) is -0.319. The molecule has 0 fully saturated rings. The van der Waals surface area contributed by atoms with Crippen molar-refractivity contribution in [3.8, 4) is 10.6 Å². The van der Waals surface area contributed by atoms with Gasteiger partial charge in [-0.15, -0.1) is 0 Å². The van der Waals surface area contributed by atoms with Crippen LogP contribution in [0.25, 0.3) is 10.6 Å². The van der Waals surface area contributed by atoms with Gasteiger partial charge in [0.25, 0.3) is 0 Å². The van der Waals surface area contributed by atoms with Gasteiger partial charge in [0, 0.05) is 10.0 Å². The van der Waals surface area contributed by atoms with Crippen LogP contribution < -0.4 is 0 Å². The van der Waals surface area contributed by atoms with Crippen LogP contribution in [0.15, 0.2) is 22.7 Å². The second-order valence-corrected chi connectivity index (χ2v) is 4.53. The molecule has 0 atom stereocenters. The molecule has 1 aromatic heterocycles. The van der Waals surface area contributed by atoms with Gasteiger partial charge in [-0.1, -0.05) is 15.9 Å². The summed E-state index contributed by atoms with van der Waals surface area (Å²) in [6.45, 7) is 0. The summed E-state index contributed by atoms with van der Waals surface area (Å²) >= 11 is 9.91. The predicted molar refractivity (Wildman–Crippen MR) is 58.0 cm³/mol. The maximum atomic E-state index is 13.0. The van der Waals surface area contributed by atoms with Crippen LogP contribution >= 0.6 is 39.1 Å². The van der Waals surface area contributed by atoms with Crippen molar-refractivity contribution >= 4 is 39.1 Å². The summed E-state index contributed by atoms with van der Waals surface area (Å²) < 4.78 is 17.5. The topological polar surface area (TPSA) is 25.8 Å². The van der Waals surface area contributed by atoms with Gasteiger partial charge < -0.3 is 0 Å². The molecule has 0 amide bonds. The number of hydrogen-bond donors (Lipinski definition) is 0. The predicted octanol–water partition coefficient (Wildman–Crippen LogP) is 3.76. The van der Waals surface area contributed by atoms with Crippen LogP contribution in [0.5, 0.6) is 0 Å². The Morgan fingerprint density at radius 3 is 2.71 bits per heavy atom. The molecule has 0 radical (unpaired) electrons. The molecule has 0 N–H and O–H groups in total. The van der Waals surface area contributed by atoms with Crippen molar-refractivity contribution in [2.45, 2.75) is 0 Å². The Morgan fingerprint density at radius 2 is 2.14 bits per heavy atom. The molecule has 2 rings (SSSR count). The van der Waals surface area contributed by atoms with E-state index in [0.717, 1.165) is 11.5 Å². The number of aromatic nitrogens is 2. The molecule has 2 nitrogen and oxygen atoms in total. The summed E-state index contributed by atoms with van der Waals surface area (Å²) in [5, 5.41) is 0.792. The molecule has 1 aromatic carbocycles. The van der Waals surface area contributed by atoms with E-state index >= 15 is 0 Å². The van der Waals surface area contributed by atoms with E-state index in [4.69, 9.17) is 11.6 Å². The van der Waals surface area contributed by atoms with Crippen LogP contribution in [0.1, 0.15) is 0 Å². The van der Waals surface area contributed by atoms with E-state index in [9.17, 15) is 4.39 Å². The molecule has 0 aliphatic carbocycles. The monoisotopic (exact) mass is 292 g/mol. The Kier molecular flexibility index (Phi) is 2.80. The molecule has 0 aliphatic heterocycles. The second-order valence-electron chi connectivity index (χ2n) is 2.53. The quantitative estimate of drug-likeness (QED) is 0.800. The first-order valence-corrected chi connectivity index (χ1v) is 5.55. The summed E-state index contributed by atoms with van der Waals surface area (Å²) in [5.41, 5.74) is 0.668. The maximum absolute atomic E-state index is 13.0. The smallest absolute Gasteiger partial charge is 0.207 e. The zero-order valence-electron chi connectivity index (χ0n) is 6.67. The third-order valence-electron chi connectivity index (χ3n) is 1.51. The van der Waals surface area contributed by atoms with E-state index in [1.54, 1.807) is 6.07 Å². The first-order chi connectivity index (χ1) is 6.65. The van der Waals surface area contributed by atoms with E-state index in [2.05, 4.69) is 25.3 Å². The second kappa shape index (κ2) is 3.92. The van der Waals surface area contributed by atoms with Gasteiger partial charge in [0.2, 0.25) is 5.28 Å². The van der Waals surface area contributed by atoms with Crippen molar-refractivity contribution in [3.05, 3.63) is 33.8 Å². The van der Waals surface area contributed by atoms with Crippen molar-refractivity contribution in [2.24, 2.45) is 0 Å². The minimum Gasteiger partial charge on any atom is -0.207 e. The third-order valence-corrected chi connectivity index (χ3v) is 3.00. The zero-order valence-corrected chi connectivity index (χ0v) is 9.83. The average Bonchev–Trinajstić information content (AvgIpc) is 2.50. The Bertz CT molecular complexity index is 454. The van der Waals surface area contributed by atoms with Crippen LogP contribution in [0.2, 0.25) is 5.28 Å². The fourth-order valence-corrected chi connectivity index (χ4v) is 2.26. The Labute approximate surface area is 97.0 Å². The van der Waals surface area contributed by atoms with Gasteiger partial charge in [-0.3, -0.25) is 0 Å². The molecular weight excluding hydrogens is 291 g/mol. The van der Waals surface area contributed by atoms with Crippen molar-refractivity contribution in [1.82, 2.24) is 9.36 Å². The maximum Gasteiger partial charge on any atom is 0.234 e. The number of halogens is 3. The van der Waals surface area contributed by atoms with Crippen LogP contribution in [-0.4, -0.2) is 9.36 Å². The minimum atomic E-state index is -0.319. The Morgan fingerprint density at radius 1 is 1.36 bits per heavy atom. The third kappa shape index (κ3) is 2.10. The number of nitrogens with zero attached hydrogens (tertiary/aromatic N) is 2. The summed E-state index contributed by atoms with van der Waals surface area (Å²) in [6, 6.07) is 4.54. The highest BCUT2D eigenvalue weighted by Crippen LogP contribution is 2.26. The fraction of sp³-hybridized carbons (Fsp3) is 0. The molecule has 14 heavy (non-hydrogen) atoms. The molecule has 2 aromatic rings. The highest BCUT2D eigenvalue weighted by molar-refractivity contribution is 9.10. The van der Waals surface area contributed by atoms with Gasteiger partial charge in [0.05, 0.1) is 0 Å². The highest BCUT2D eigenvalue weighted by Gasteiger charge is 2.06. The van der Waals surface area contributed by atoms with Gasteiger partial charge in [-0.2, -0.15) is 4.37 Å². The van der Waals surface area contributed by atoms with Crippen molar-refractivity contribution in [2.75, 3.05) is 0 Å². The summed E-state index contributed by atoms with van der Waals surface area (Å²) in [4.78, 5) is 3.95. The number of hydrogen-bond acceptors (Lipinski definition) is 3. The van der Waals surface area contributed by atoms with Crippen LogP contribution in [-0.2, 0) is 0 Å².